The molecule has 0 fully saturated rings. The van der Waals surface area contributed by atoms with E-state index in [1.807, 2.05) is 0 Å². The zero-order valence-electron chi connectivity index (χ0n) is 14.3. The lowest BCUT2D eigenvalue weighted by molar-refractivity contribution is 0.306. The molecule has 20 N–H and O–H groups in total. The van der Waals surface area contributed by atoms with E-state index in [-0.39, 0.29) is 12.1 Å². The molecule has 0 heterocycles. The molecular formula is C13H38N10. The van der Waals surface area contributed by atoms with Crippen molar-refractivity contribution in [3.63, 3.8) is 0 Å². The molecule has 0 aromatic rings. The van der Waals surface area contributed by atoms with E-state index in [2.05, 4.69) is 0 Å². The molecule has 0 aromatic heterocycles. The van der Waals surface area contributed by atoms with Crippen LogP contribution in [0.4, 0.5) is 0 Å². The summed E-state index contributed by atoms with van der Waals surface area (Å²) in [5.41, 5.74) is 59.7. The van der Waals surface area contributed by atoms with E-state index in [1.54, 1.807) is 13.8 Å². The highest BCUT2D eigenvalue weighted by Gasteiger charge is 2.33. The van der Waals surface area contributed by atoms with E-state index in [0.717, 1.165) is 0 Å². The van der Waals surface area contributed by atoms with Gasteiger partial charge in [0.25, 0.3) is 0 Å². The summed E-state index contributed by atoms with van der Waals surface area (Å²) in [6, 6.07) is -4.74. The van der Waals surface area contributed by atoms with Crippen LogP contribution in [0, 0.1) is 0 Å². The summed E-state index contributed by atoms with van der Waals surface area (Å²) in [7, 11) is 0. The van der Waals surface area contributed by atoms with Crippen molar-refractivity contribution in [3.8, 4) is 0 Å². The first-order valence-corrected chi connectivity index (χ1v) is 7.97. The van der Waals surface area contributed by atoms with E-state index >= 15 is 0 Å². The Bertz CT molecular complexity index is 326. The molecule has 0 aliphatic rings. The molecule has 10 unspecified atom stereocenters. The Labute approximate surface area is 139 Å². The minimum Gasteiger partial charge on any atom is -0.326 e. The second-order valence-electron chi connectivity index (χ2n) is 6.75. The molecule has 0 rings (SSSR count). The van der Waals surface area contributed by atoms with Gasteiger partial charge in [0.1, 0.15) is 0 Å². The van der Waals surface area contributed by atoms with Gasteiger partial charge in [-0.2, -0.15) is 0 Å². The maximum absolute atomic E-state index is 6.11. The largest absolute Gasteiger partial charge is 0.326 e. The van der Waals surface area contributed by atoms with Crippen LogP contribution >= 0.6 is 0 Å². The topological polar surface area (TPSA) is 260 Å². The van der Waals surface area contributed by atoms with Crippen LogP contribution in [-0.4, -0.2) is 60.4 Å². The van der Waals surface area contributed by atoms with E-state index < -0.39 is 48.3 Å². The molecule has 10 heteroatoms. The monoisotopic (exact) mass is 334 g/mol. The lowest BCUT2D eigenvalue weighted by Gasteiger charge is -2.36. The van der Waals surface area contributed by atoms with Crippen LogP contribution in [0.2, 0.25) is 0 Å². The van der Waals surface area contributed by atoms with Gasteiger partial charge < -0.3 is 57.3 Å². The lowest BCUT2D eigenvalue weighted by atomic mass is 9.85. The van der Waals surface area contributed by atoms with Crippen LogP contribution in [-0.2, 0) is 0 Å². The third kappa shape index (κ3) is 6.55. The van der Waals surface area contributed by atoms with Gasteiger partial charge in [-0.3, -0.25) is 0 Å². The first-order chi connectivity index (χ1) is 10.4. The predicted octanol–water partition coefficient (Wildman–Crippen LogP) is -5.31. The van der Waals surface area contributed by atoms with E-state index in [0.29, 0.717) is 6.42 Å². The SMILES string of the molecule is CC(N)C(N)C(N)C(N)CC(N)C(N)C(N)C(N)C(N)C(C)N. The van der Waals surface area contributed by atoms with E-state index in [1.165, 1.54) is 0 Å². The van der Waals surface area contributed by atoms with Crippen molar-refractivity contribution < 1.29 is 0 Å². The van der Waals surface area contributed by atoms with Crippen LogP contribution in [0.1, 0.15) is 20.3 Å². The fraction of sp³-hybridized carbons (Fsp3) is 1.00. The van der Waals surface area contributed by atoms with Crippen molar-refractivity contribution in [2.45, 2.75) is 80.7 Å². The second kappa shape index (κ2) is 9.79. The minimum atomic E-state index is -0.614. The van der Waals surface area contributed by atoms with Crippen molar-refractivity contribution in [1.82, 2.24) is 0 Å². The Morgan fingerprint density at radius 2 is 0.696 bits per heavy atom. The summed E-state index contributed by atoms with van der Waals surface area (Å²) < 4.78 is 0. The average Bonchev–Trinajstić information content (AvgIpc) is 2.49. The van der Waals surface area contributed by atoms with Gasteiger partial charge in [0.05, 0.1) is 0 Å². The molecule has 10 nitrogen and oxygen atoms in total. The highest BCUT2D eigenvalue weighted by atomic mass is 15.0. The van der Waals surface area contributed by atoms with Crippen molar-refractivity contribution in [2.75, 3.05) is 0 Å². The number of hydrogen-bond acceptors (Lipinski definition) is 10. The van der Waals surface area contributed by atoms with Crippen LogP contribution in [0.25, 0.3) is 0 Å². The van der Waals surface area contributed by atoms with Crippen molar-refractivity contribution >= 4 is 0 Å². The molecule has 0 radical (unpaired) electrons. The molecule has 0 aliphatic heterocycles. The Morgan fingerprint density at radius 1 is 0.435 bits per heavy atom. The standard InChI is InChI=1S/C13H38N10/c1-4(14)8(18)10(20)6(16)3-7(17)11(21)13(23)12(22)9(19)5(2)15/h4-13H,3,14-23H2,1-2H3. The molecule has 0 amide bonds. The lowest BCUT2D eigenvalue weighted by Crippen LogP contribution is -2.68. The molecular weight excluding hydrogens is 296 g/mol. The second-order valence-corrected chi connectivity index (χ2v) is 6.75. The Hall–Kier alpha value is -0.400. The summed E-state index contributed by atoms with van der Waals surface area (Å²) >= 11 is 0. The summed E-state index contributed by atoms with van der Waals surface area (Å²) in [6.45, 7) is 3.53. The number of nitrogens with two attached hydrogens (primary N) is 10. The third-order valence-electron chi connectivity index (χ3n) is 4.53. The molecule has 0 spiro atoms. The zero-order valence-corrected chi connectivity index (χ0v) is 14.3. The van der Waals surface area contributed by atoms with Gasteiger partial charge in [0, 0.05) is 60.4 Å². The Kier molecular flexibility index (Phi) is 9.62. The fourth-order valence-corrected chi connectivity index (χ4v) is 2.41. The molecule has 0 saturated carbocycles. The smallest absolute Gasteiger partial charge is 0.0377 e. The predicted molar refractivity (Wildman–Crippen MR) is 95.7 cm³/mol. The first-order valence-electron chi connectivity index (χ1n) is 7.97. The normalized spacial score (nSPS) is 25.6. The number of hydrogen-bond donors (Lipinski definition) is 10. The van der Waals surface area contributed by atoms with Gasteiger partial charge in [-0.25, -0.2) is 0 Å². The highest BCUT2D eigenvalue weighted by Crippen LogP contribution is 2.09. The van der Waals surface area contributed by atoms with E-state index in [4.69, 9.17) is 57.3 Å². The quantitative estimate of drug-likeness (QED) is 0.181. The molecule has 0 saturated heterocycles. The summed E-state index contributed by atoms with van der Waals surface area (Å²) in [6.07, 6.45) is 0.344. The Balaban J connectivity index is 4.68. The molecule has 0 bridgehead atoms. The maximum Gasteiger partial charge on any atom is 0.0377 e. The maximum atomic E-state index is 6.11. The first kappa shape index (κ1) is 22.6. The molecule has 10 atom stereocenters. The van der Waals surface area contributed by atoms with Gasteiger partial charge in [0.2, 0.25) is 0 Å². The fourth-order valence-electron chi connectivity index (χ4n) is 2.41. The van der Waals surface area contributed by atoms with Crippen LogP contribution in [0.15, 0.2) is 0 Å². The molecule has 0 aliphatic carbocycles. The van der Waals surface area contributed by atoms with Crippen molar-refractivity contribution in [2.24, 2.45) is 57.3 Å². The van der Waals surface area contributed by atoms with Gasteiger partial charge in [-0.1, -0.05) is 0 Å². The third-order valence-corrected chi connectivity index (χ3v) is 4.53. The van der Waals surface area contributed by atoms with Gasteiger partial charge in [0.15, 0.2) is 0 Å². The minimum absolute atomic E-state index is 0.277. The van der Waals surface area contributed by atoms with Crippen LogP contribution in [0.3, 0.4) is 0 Å². The molecule has 140 valence electrons. The highest BCUT2D eigenvalue weighted by molar-refractivity contribution is 5.00. The Morgan fingerprint density at radius 3 is 1.04 bits per heavy atom. The summed E-state index contributed by atoms with van der Waals surface area (Å²) in [4.78, 5) is 0. The van der Waals surface area contributed by atoms with Gasteiger partial charge in [-0.15, -0.1) is 0 Å². The summed E-state index contributed by atoms with van der Waals surface area (Å²) in [5.74, 6) is 0. The molecule has 23 heavy (non-hydrogen) atoms. The molecule has 0 aromatic carbocycles. The van der Waals surface area contributed by atoms with Crippen molar-refractivity contribution in [3.05, 3.63) is 0 Å². The zero-order chi connectivity index (χ0) is 18.5. The van der Waals surface area contributed by atoms with Gasteiger partial charge in [-0.05, 0) is 20.3 Å². The number of rotatable bonds is 10. The van der Waals surface area contributed by atoms with Crippen molar-refractivity contribution in [1.29, 1.82) is 0 Å². The van der Waals surface area contributed by atoms with E-state index in [9.17, 15) is 0 Å². The average molecular weight is 335 g/mol. The van der Waals surface area contributed by atoms with Crippen LogP contribution in [0.5, 0.6) is 0 Å². The van der Waals surface area contributed by atoms with Gasteiger partial charge >= 0.3 is 0 Å². The summed E-state index contributed by atoms with van der Waals surface area (Å²) in [5, 5.41) is 0. The van der Waals surface area contributed by atoms with Crippen LogP contribution < -0.4 is 57.3 Å².